The number of rotatable bonds is 1. The Morgan fingerprint density at radius 3 is 2.85 bits per heavy atom. The second-order valence-electron chi connectivity index (χ2n) is 2.92. The first-order chi connectivity index (χ1) is 6.27. The van der Waals surface area contributed by atoms with Crippen LogP contribution in [0.25, 0.3) is 11.3 Å². The maximum absolute atomic E-state index is 12.9. The summed E-state index contributed by atoms with van der Waals surface area (Å²) in [6.07, 6.45) is 1.72. The summed E-state index contributed by atoms with van der Waals surface area (Å²) in [7, 11) is 0. The summed E-state index contributed by atoms with van der Waals surface area (Å²) in [6.45, 7) is 1.93. The zero-order valence-corrected chi connectivity index (χ0v) is 7.21. The molecule has 0 radical (unpaired) electrons. The van der Waals surface area contributed by atoms with Crippen molar-refractivity contribution < 1.29 is 4.39 Å². The number of aromatic nitrogens is 2. The van der Waals surface area contributed by atoms with Gasteiger partial charge in [0, 0.05) is 11.8 Å². The van der Waals surface area contributed by atoms with E-state index in [2.05, 4.69) is 10.2 Å². The quantitative estimate of drug-likeness (QED) is 0.710. The molecule has 1 aromatic heterocycles. The average Bonchev–Trinajstić information content (AvgIpc) is 2.61. The fourth-order valence-corrected chi connectivity index (χ4v) is 1.28. The van der Waals surface area contributed by atoms with Gasteiger partial charge in [0.1, 0.15) is 5.82 Å². The smallest absolute Gasteiger partial charge is 0.123 e. The van der Waals surface area contributed by atoms with Crippen molar-refractivity contribution in [1.29, 1.82) is 0 Å². The first kappa shape index (κ1) is 7.98. The molecule has 0 unspecified atom stereocenters. The van der Waals surface area contributed by atoms with E-state index in [0.717, 1.165) is 16.8 Å². The summed E-state index contributed by atoms with van der Waals surface area (Å²) in [4.78, 5) is 0. The molecule has 0 fully saturated rings. The lowest BCUT2D eigenvalue weighted by Gasteiger charge is -2.01. The van der Waals surface area contributed by atoms with Crippen LogP contribution < -0.4 is 0 Å². The maximum atomic E-state index is 12.9. The van der Waals surface area contributed by atoms with Crippen molar-refractivity contribution in [2.45, 2.75) is 6.92 Å². The molecular formula is C10H9FN2. The van der Waals surface area contributed by atoms with Crippen LogP contribution in [0.5, 0.6) is 0 Å². The molecule has 1 heterocycles. The molecule has 0 atom stereocenters. The number of H-pyrrole nitrogens is 1. The van der Waals surface area contributed by atoms with Crippen molar-refractivity contribution in [3.05, 3.63) is 41.8 Å². The van der Waals surface area contributed by atoms with E-state index in [1.807, 2.05) is 13.0 Å². The topological polar surface area (TPSA) is 28.7 Å². The summed E-state index contributed by atoms with van der Waals surface area (Å²) in [5.41, 5.74) is 2.63. The lowest BCUT2D eigenvalue weighted by atomic mass is 10.1. The molecule has 0 spiro atoms. The molecule has 3 heteroatoms. The van der Waals surface area contributed by atoms with Gasteiger partial charge in [-0.3, -0.25) is 5.10 Å². The molecule has 0 aliphatic carbocycles. The highest BCUT2D eigenvalue weighted by Crippen LogP contribution is 2.21. The molecule has 2 nitrogen and oxygen atoms in total. The predicted octanol–water partition coefficient (Wildman–Crippen LogP) is 2.52. The molecule has 0 saturated heterocycles. The van der Waals surface area contributed by atoms with E-state index < -0.39 is 0 Å². The predicted molar refractivity (Wildman–Crippen MR) is 48.7 cm³/mol. The summed E-state index contributed by atoms with van der Waals surface area (Å²) in [5, 5.41) is 6.70. The van der Waals surface area contributed by atoms with Crippen molar-refractivity contribution in [2.75, 3.05) is 0 Å². The summed E-state index contributed by atoms with van der Waals surface area (Å²) < 4.78 is 12.9. The zero-order chi connectivity index (χ0) is 9.26. The minimum Gasteiger partial charge on any atom is -0.285 e. The van der Waals surface area contributed by atoms with E-state index in [1.165, 1.54) is 12.1 Å². The lowest BCUT2D eigenvalue weighted by molar-refractivity contribution is 0.628. The number of nitrogens with one attached hydrogen (secondary N) is 1. The normalized spacial score (nSPS) is 10.3. The summed E-state index contributed by atoms with van der Waals surface area (Å²) in [5.74, 6) is -0.233. The van der Waals surface area contributed by atoms with E-state index in [-0.39, 0.29) is 5.82 Å². The molecule has 66 valence electrons. The van der Waals surface area contributed by atoms with Crippen molar-refractivity contribution in [3.63, 3.8) is 0 Å². The van der Waals surface area contributed by atoms with Crippen molar-refractivity contribution in [1.82, 2.24) is 10.2 Å². The van der Waals surface area contributed by atoms with Crippen molar-refractivity contribution >= 4 is 0 Å². The number of hydrogen-bond acceptors (Lipinski definition) is 1. The largest absolute Gasteiger partial charge is 0.285 e. The molecule has 2 rings (SSSR count). The van der Waals surface area contributed by atoms with Gasteiger partial charge in [-0.2, -0.15) is 5.10 Å². The Bertz CT molecular complexity index is 407. The van der Waals surface area contributed by atoms with Crippen LogP contribution in [-0.4, -0.2) is 10.2 Å². The van der Waals surface area contributed by atoms with Crippen LogP contribution in [0, 0.1) is 12.7 Å². The van der Waals surface area contributed by atoms with Gasteiger partial charge in [0.05, 0.1) is 5.69 Å². The number of halogens is 1. The van der Waals surface area contributed by atoms with Crippen LogP contribution in [0.2, 0.25) is 0 Å². The number of nitrogens with zero attached hydrogens (tertiary/aromatic N) is 1. The SMILES string of the molecule is Cc1ccc(F)cc1-c1cc[nH]n1. The first-order valence-electron chi connectivity index (χ1n) is 4.03. The van der Waals surface area contributed by atoms with Crippen LogP contribution in [0.1, 0.15) is 5.56 Å². The molecule has 0 aliphatic heterocycles. The van der Waals surface area contributed by atoms with E-state index in [1.54, 1.807) is 12.3 Å². The Morgan fingerprint density at radius 2 is 2.15 bits per heavy atom. The Hall–Kier alpha value is -1.64. The second-order valence-corrected chi connectivity index (χ2v) is 2.92. The first-order valence-corrected chi connectivity index (χ1v) is 4.03. The lowest BCUT2D eigenvalue weighted by Crippen LogP contribution is -1.85. The van der Waals surface area contributed by atoms with Gasteiger partial charge in [-0.1, -0.05) is 6.07 Å². The van der Waals surface area contributed by atoms with Crippen LogP contribution in [0.15, 0.2) is 30.5 Å². The Balaban J connectivity index is 2.57. The number of hydrogen-bond donors (Lipinski definition) is 1. The molecule has 0 bridgehead atoms. The molecule has 0 aliphatic rings. The standard InChI is InChI=1S/C10H9FN2/c1-7-2-3-8(11)6-9(7)10-4-5-12-13-10/h2-6H,1H3,(H,12,13). The van der Waals surface area contributed by atoms with Gasteiger partial charge in [0.2, 0.25) is 0 Å². The third-order valence-electron chi connectivity index (χ3n) is 1.98. The minimum absolute atomic E-state index is 0.233. The van der Waals surface area contributed by atoms with Gasteiger partial charge in [-0.05, 0) is 30.7 Å². The molecule has 13 heavy (non-hydrogen) atoms. The number of benzene rings is 1. The minimum atomic E-state index is -0.233. The van der Waals surface area contributed by atoms with Gasteiger partial charge in [-0.25, -0.2) is 4.39 Å². The fourth-order valence-electron chi connectivity index (χ4n) is 1.28. The van der Waals surface area contributed by atoms with Crippen LogP contribution in [-0.2, 0) is 0 Å². The third-order valence-corrected chi connectivity index (χ3v) is 1.98. The molecular weight excluding hydrogens is 167 g/mol. The van der Waals surface area contributed by atoms with Gasteiger partial charge in [-0.15, -0.1) is 0 Å². The Labute approximate surface area is 75.4 Å². The van der Waals surface area contributed by atoms with E-state index >= 15 is 0 Å². The molecule has 1 N–H and O–H groups in total. The zero-order valence-electron chi connectivity index (χ0n) is 7.21. The van der Waals surface area contributed by atoms with Crippen molar-refractivity contribution in [2.24, 2.45) is 0 Å². The average molecular weight is 176 g/mol. The monoisotopic (exact) mass is 176 g/mol. The molecule has 0 amide bonds. The summed E-state index contributed by atoms with van der Waals surface area (Å²) >= 11 is 0. The fraction of sp³-hybridized carbons (Fsp3) is 0.100. The Morgan fingerprint density at radius 1 is 1.31 bits per heavy atom. The highest BCUT2D eigenvalue weighted by atomic mass is 19.1. The second kappa shape index (κ2) is 3.01. The maximum Gasteiger partial charge on any atom is 0.123 e. The highest BCUT2D eigenvalue weighted by molar-refractivity contribution is 5.62. The van der Waals surface area contributed by atoms with E-state index in [9.17, 15) is 4.39 Å². The van der Waals surface area contributed by atoms with Crippen LogP contribution in [0.3, 0.4) is 0 Å². The van der Waals surface area contributed by atoms with Crippen molar-refractivity contribution in [3.8, 4) is 11.3 Å². The molecule has 1 aromatic carbocycles. The molecule has 2 aromatic rings. The van der Waals surface area contributed by atoms with Crippen LogP contribution >= 0.6 is 0 Å². The van der Waals surface area contributed by atoms with Gasteiger partial charge < -0.3 is 0 Å². The summed E-state index contributed by atoms with van der Waals surface area (Å²) in [6, 6.07) is 6.51. The Kier molecular flexibility index (Phi) is 1.85. The number of aromatic amines is 1. The number of aryl methyl sites for hydroxylation is 1. The van der Waals surface area contributed by atoms with Crippen LogP contribution in [0.4, 0.5) is 4.39 Å². The van der Waals surface area contributed by atoms with Gasteiger partial charge >= 0.3 is 0 Å². The van der Waals surface area contributed by atoms with Gasteiger partial charge in [0.25, 0.3) is 0 Å². The van der Waals surface area contributed by atoms with E-state index in [0.29, 0.717) is 0 Å². The van der Waals surface area contributed by atoms with Gasteiger partial charge in [0.15, 0.2) is 0 Å². The van der Waals surface area contributed by atoms with E-state index in [4.69, 9.17) is 0 Å². The third kappa shape index (κ3) is 1.45. The highest BCUT2D eigenvalue weighted by Gasteiger charge is 2.04. The molecule has 0 saturated carbocycles.